The van der Waals surface area contributed by atoms with Crippen molar-refractivity contribution in [2.24, 2.45) is 0 Å². The van der Waals surface area contributed by atoms with Crippen molar-refractivity contribution >= 4 is 39.6 Å². The van der Waals surface area contributed by atoms with Gasteiger partial charge in [-0.05, 0) is 62.7 Å². The normalized spacial score (nSPS) is 14.3. The number of anilines is 1. The molecule has 2 amide bonds. The average molecular weight is 563 g/mol. The summed E-state index contributed by atoms with van der Waals surface area (Å²) in [5, 5.41) is 4.99. The zero-order chi connectivity index (χ0) is 29.3. The molecule has 8 nitrogen and oxygen atoms in total. The lowest BCUT2D eigenvalue weighted by Crippen LogP contribution is -2.49. The van der Waals surface area contributed by atoms with Gasteiger partial charge in [0.2, 0.25) is 0 Å². The average Bonchev–Trinajstić information content (AvgIpc) is 3.40. The smallest absolute Gasteiger partial charge is 0.410 e. The van der Waals surface area contributed by atoms with Gasteiger partial charge in [0.15, 0.2) is 0 Å². The lowest BCUT2D eigenvalue weighted by Gasteiger charge is -2.35. The number of carbonyl (C=O) groups excluding carboxylic acids is 2. The van der Waals surface area contributed by atoms with Crippen LogP contribution in [0.4, 0.5) is 10.5 Å². The predicted octanol–water partition coefficient (Wildman–Crippen LogP) is 6.95. The number of nitrogens with zero attached hydrogens (tertiary/aromatic N) is 3. The summed E-state index contributed by atoms with van der Waals surface area (Å²) in [6.45, 7) is 9.25. The second-order valence-electron chi connectivity index (χ2n) is 11.6. The highest BCUT2D eigenvalue weighted by atomic mass is 16.6. The van der Waals surface area contributed by atoms with Gasteiger partial charge in [-0.2, -0.15) is 0 Å². The molecular formula is C34H34N4O4. The molecule has 1 N–H and O–H groups in total. The highest BCUT2D eigenvalue weighted by molar-refractivity contribution is 6.06. The Kier molecular flexibility index (Phi) is 7.39. The highest BCUT2D eigenvalue weighted by Gasteiger charge is 2.26. The number of hydrogen-bond donors (Lipinski definition) is 1. The Morgan fingerprint density at radius 2 is 1.62 bits per heavy atom. The van der Waals surface area contributed by atoms with Gasteiger partial charge in [0.25, 0.3) is 5.91 Å². The molecule has 42 heavy (non-hydrogen) atoms. The van der Waals surface area contributed by atoms with E-state index in [1.165, 1.54) is 0 Å². The summed E-state index contributed by atoms with van der Waals surface area (Å²) in [7, 11) is 0. The molecule has 0 atom stereocenters. The second-order valence-corrected chi connectivity index (χ2v) is 11.6. The van der Waals surface area contributed by atoms with Gasteiger partial charge in [-0.1, -0.05) is 48.5 Å². The Balaban J connectivity index is 1.15. The summed E-state index contributed by atoms with van der Waals surface area (Å²) in [4.78, 5) is 34.2. The third kappa shape index (κ3) is 6.14. The number of nitrogens with one attached hydrogen (secondary N) is 1. The Bertz CT molecular complexity index is 1760. The fourth-order valence-electron chi connectivity index (χ4n) is 5.17. The molecule has 6 rings (SSSR count). The first-order valence-corrected chi connectivity index (χ1v) is 14.2. The zero-order valence-corrected chi connectivity index (χ0v) is 24.1. The van der Waals surface area contributed by atoms with Crippen molar-refractivity contribution in [3.63, 3.8) is 0 Å². The molecular weight excluding hydrogens is 528 g/mol. The lowest BCUT2D eigenvalue weighted by atomic mass is 10.1. The molecule has 2 aromatic heterocycles. The van der Waals surface area contributed by atoms with Crippen molar-refractivity contribution in [1.82, 2.24) is 14.8 Å². The molecule has 3 aromatic carbocycles. The molecule has 1 fully saturated rings. The minimum Gasteiger partial charge on any atom is -0.456 e. The number of benzene rings is 3. The van der Waals surface area contributed by atoms with E-state index in [2.05, 4.69) is 33.4 Å². The van der Waals surface area contributed by atoms with Crippen molar-refractivity contribution in [3.05, 3.63) is 96.2 Å². The number of piperazine rings is 1. The SMILES string of the molecule is CC(C)(C)OC(=O)N1CCN(Cc2ccc3cc(-c4ccccc4NC(=O)c4ccc5ccccc5n4)oc3c2)CC1. The number of hydrogen-bond acceptors (Lipinski definition) is 6. The summed E-state index contributed by atoms with van der Waals surface area (Å²) in [6.07, 6.45) is -0.253. The zero-order valence-electron chi connectivity index (χ0n) is 24.1. The van der Waals surface area contributed by atoms with Gasteiger partial charge in [0.1, 0.15) is 22.6 Å². The number of ether oxygens (including phenoxy) is 1. The van der Waals surface area contributed by atoms with Gasteiger partial charge in [0.05, 0.1) is 11.2 Å². The van der Waals surface area contributed by atoms with Crippen molar-refractivity contribution in [2.45, 2.75) is 32.9 Å². The van der Waals surface area contributed by atoms with Gasteiger partial charge < -0.3 is 19.4 Å². The molecule has 0 spiro atoms. The Labute approximate surface area is 244 Å². The van der Waals surface area contributed by atoms with Crippen LogP contribution < -0.4 is 5.32 Å². The molecule has 8 heteroatoms. The Morgan fingerprint density at radius 1 is 0.881 bits per heavy atom. The van der Waals surface area contributed by atoms with Crippen molar-refractivity contribution < 1.29 is 18.7 Å². The van der Waals surface area contributed by atoms with E-state index in [0.29, 0.717) is 30.2 Å². The first-order chi connectivity index (χ1) is 20.2. The molecule has 3 heterocycles. The van der Waals surface area contributed by atoms with Crippen LogP contribution in [-0.4, -0.2) is 58.6 Å². The van der Waals surface area contributed by atoms with E-state index in [9.17, 15) is 9.59 Å². The second kappa shape index (κ2) is 11.3. The maximum atomic E-state index is 13.1. The van der Waals surface area contributed by atoms with Crippen LogP contribution >= 0.6 is 0 Å². The summed E-state index contributed by atoms with van der Waals surface area (Å²) in [5.41, 5.74) is 4.00. The van der Waals surface area contributed by atoms with Crippen LogP contribution in [0, 0.1) is 0 Å². The summed E-state index contributed by atoms with van der Waals surface area (Å²) in [5.74, 6) is 0.397. The Morgan fingerprint density at radius 3 is 2.43 bits per heavy atom. The monoisotopic (exact) mass is 562 g/mol. The minimum atomic E-state index is -0.494. The molecule has 0 bridgehead atoms. The van der Waals surface area contributed by atoms with E-state index in [1.807, 2.05) is 81.4 Å². The first kappa shape index (κ1) is 27.5. The Hall–Kier alpha value is -4.69. The number of pyridine rings is 1. The largest absolute Gasteiger partial charge is 0.456 e. The van der Waals surface area contributed by atoms with Crippen LogP contribution in [0.25, 0.3) is 33.2 Å². The van der Waals surface area contributed by atoms with E-state index < -0.39 is 5.60 Å². The molecule has 0 unspecified atom stereocenters. The summed E-state index contributed by atoms with van der Waals surface area (Å²) < 4.78 is 11.8. The van der Waals surface area contributed by atoms with Gasteiger partial charge in [-0.25, -0.2) is 9.78 Å². The number of rotatable bonds is 5. The number of amides is 2. The fraction of sp³-hybridized carbons (Fsp3) is 0.265. The van der Waals surface area contributed by atoms with E-state index in [4.69, 9.17) is 9.15 Å². The number of aromatic nitrogens is 1. The number of fused-ring (bicyclic) bond motifs is 2. The van der Waals surface area contributed by atoms with Crippen LogP contribution in [-0.2, 0) is 11.3 Å². The number of furan rings is 1. The van der Waals surface area contributed by atoms with E-state index >= 15 is 0 Å². The van der Waals surface area contributed by atoms with Gasteiger partial charge in [-0.15, -0.1) is 0 Å². The van der Waals surface area contributed by atoms with Crippen molar-refractivity contribution in [1.29, 1.82) is 0 Å². The van der Waals surface area contributed by atoms with Gasteiger partial charge in [-0.3, -0.25) is 9.69 Å². The predicted molar refractivity (Wildman–Crippen MR) is 164 cm³/mol. The summed E-state index contributed by atoms with van der Waals surface area (Å²) >= 11 is 0. The van der Waals surface area contributed by atoms with Crippen LogP contribution in [0.5, 0.6) is 0 Å². The minimum absolute atomic E-state index is 0.253. The number of para-hydroxylation sites is 2. The highest BCUT2D eigenvalue weighted by Crippen LogP contribution is 2.33. The maximum Gasteiger partial charge on any atom is 0.410 e. The third-order valence-corrected chi connectivity index (χ3v) is 7.29. The van der Waals surface area contributed by atoms with Crippen molar-refractivity contribution in [2.75, 3.05) is 31.5 Å². The summed E-state index contributed by atoms with van der Waals surface area (Å²) in [6, 6.07) is 27.2. The molecule has 0 saturated carbocycles. The standard InChI is InChI=1S/C34H34N4O4/c1-34(2,3)42-33(40)38-18-16-37(17-19-38)22-23-12-13-25-21-31(41-30(25)20-23)26-9-5-7-11-28(26)36-32(39)29-15-14-24-8-4-6-10-27(24)35-29/h4-15,20-21H,16-19,22H2,1-3H3,(H,36,39). The van der Waals surface area contributed by atoms with E-state index in [0.717, 1.165) is 52.6 Å². The molecule has 0 radical (unpaired) electrons. The van der Waals surface area contributed by atoms with Gasteiger partial charge in [0, 0.05) is 49.1 Å². The number of carbonyl (C=O) groups is 2. The molecule has 0 aliphatic carbocycles. The first-order valence-electron chi connectivity index (χ1n) is 14.2. The fourth-order valence-corrected chi connectivity index (χ4v) is 5.17. The van der Waals surface area contributed by atoms with E-state index in [-0.39, 0.29) is 12.0 Å². The molecule has 1 aliphatic rings. The lowest BCUT2D eigenvalue weighted by molar-refractivity contribution is 0.0139. The molecule has 1 saturated heterocycles. The molecule has 214 valence electrons. The van der Waals surface area contributed by atoms with Crippen LogP contribution in [0.15, 0.2) is 89.3 Å². The maximum absolute atomic E-state index is 13.1. The van der Waals surface area contributed by atoms with E-state index in [1.54, 1.807) is 11.0 Å². The van der Waals surface area contributed by atoms with Crippen LogP contribution in [0.3, 0.4) is 0 Å². The van der Waals surface area contributed by atoms with Crippen LogP contribution in [0.2, 0.25) is 0 Å². The quantitative estimate of drug-likeness (QED) is 0.249. The topological polar surface area (TPSA) is 87.9 Å². The van der Waals surface area contributed by atoms with Crippen molar-refractivity contribution in [3.8, 4) is 11.3 Å². The van der Waals surface area contributed by atoms with Crippen LogP contribution in [0.1, 0.15) is 36.8 Å². The van der Waals surface area contributed by atoms with Gasteiger partial charge >= 0.3 is 6.09 Å². The molecule has 5 aromatic rings. The molecule has 1 aliphatic heterocycles. The third-order valence-electron chi connectivity index (χ3n) is 7.29.